The van der Waals surface area contributed by atoms with Crippen molar-refractivity contribution in [3.8, 4) is 0 Å². The molecule has 0 unspecified atom stereocenters. The van der Waals surface area contributed by atoms with E-state index in [0.717, 1.165) is 11.9 Å². The molecule has 0 saturated carbocycles. The molecule has 0 aliphatic carbocycles. The summed E-state index contributed by atoms with van der Waals surface area (Å²) in [6.07, 6.45) is 0.887. The molecule has 0 bridgehead atoms. The van der Waals surface area contributed by atoms with Gasteiger partial charge in [-0.15, -0.1) is 0 Å². The number of nitrogens with two attached hydrogens (primary N) is 1. The van der Waals surface area contributed by atoms with Gasteiger partial charge in [0.25, 0.3) is 0 Å². The number of aromatic nitrogens is 2. The third-order valence-corrected chi connectivity index (χ3v) is 2.90. The van der Waals surface area contributed by atoms with E-state index in [1.54, 1.807) is 0 Å². The van der Waals surface area contributed by atoms with E-state index in [0.29, 0.717) is 12.6 Å². The van der Waals surface area contributed by atoms with Crippen molar-refractivity contribution >= 4 is 10.9 Å². The van der Waals surface area contributed by atoms with Gasteiger partial charge in [0.1, 0.15) is 0 Å². The maximum atomic E-state index is 5.68. The molecule has 0 spiro atoms. The van der Waals surface area contributed by atoms with Crippen LogP contribution in [0.3, 0.4) is 0 Å². The van der Waals surface area contributed by atoms with Crippen molar-refractivity contribution in [2.45, 2.75) is 33.2 Å². The molecule has 0 radical (unpaired) electrons. The van der Waals surface area contributed by atoms with Crippen LogP contribution in [0.1, 0.15) is 31.1 Å². The van der Waals surface area contributed by atoms with Gasteiger partial charge < -0.3 is 5.73 Å². The lowest BCUT2D eigenvalue weighted by Gasteiger charge is -2.10. The van der Waals surface area contributed by atoms with Gasteiger partial charge in [-0.1, -0.05) is 18.2 Å². The highest BCUT2D eigenvalue weighted by Crippen LogP contribution is 2.24. The minimum absolute atomic E-state index is 0.383. The summed E-state index contributed by atoms with van der Waals surface area (Å²) >= 11 is 0. The Morgan fingerprint density at radius 1 is 1.38 bits per heavy atom. The largest absolute Gasteiger partial charge is 0.330 e. The normalized spacial score (nSPS) is 11.6. The van der Waals surface area contributed by atoms with Crippen LogP contribution >= 0.6 is 0 Å². The number of rotatable bonds is 3. The van der Waals surface area contributed by atoms with Gasteiger partial charge in [0.15, 0.2) is 0 Å². The lowest BCUT2D eigenvalue weighted by atomic mass is 10.1. The summed E-state index contributed by atoms with van der Waals surface area (Å²) in [5.74, 6) is 0. The topological polar surface area (TPSA) is 43.8 Å². The van der Waals surface area contributed by atoms with Crippen LogP contribution in [0.2, 0.25) is 0 Å². The molecule has 0 fully saturated rings. The third-order valence-electron chi connectivity index (χ3n) is 2.90. The van der Waals surface area contributed by atoms with Gasteiger partial charge in [0, 0.05) is 23.5 Å². The van der Waals surface area contributed by atoms with E-state index in [1.807, 2.05) is 0 Å². The highest BCUT2D eigenvalue weighted by atomic mass is 15.3. The maximum Gasteiger partial charge on any atom is 0.0955 e. The van der Waals surface area contributed by atoms with Crippen LogP contribution < -0.4 is 5.73 Å². The van der Waals surface area contributed by atoms with Crippen LogP contribution in [-0.4, -0.2) is 16.3 Å². The molecule has 2 rings (SSSR count). The summed E-state index contributed by atoms with van der Waals surface area (Å²) in [6, 6.07) is 6.71. The highest BCUT2D eigenvalue weighted by Gasteiger charge is 2.13. The van der Waals surface area contributed by atoms with Crippen LogP contribution in [-0.2, 0) is 6.42 Å². The van der Waals surface area contributed by atoms with Crippen LogP contribution in [0.5, 0.6) is 0 Å². The van der Waals surface area contributed by atoms with Gasteiger partial charge in [-0.25, -0.2) is 0 Å². The molecule has 0 saturated heterocycles. The Morgan fingerprint density at radius 2 is 2.12 bits per heavy atom. The zero-order chi connectivity index (χ0) is 11.7. The Balaban J connectivity index is 2.70. The minimum atomic E-state index is 0.383. The molecule has 0 amide bonds. The molecular formula is C13H19N3. The highest BCUT2D eigenvalue weighted by molar-refractivity contribution is 5.84. The Kier molecular flexibility index (Phi) is 2.97. The Labute approximate surface area is 96.2 Å². The van der Waals surface area contributed by atoms with E-state index >= 15 is 0 Å². The molecule has 1 aromatic carbocycles. The van der Waals surface area contributed by atoms with Crippen LogP contribution in [0.25, 0.3) is 10.9 Å². The molecule has 1 heterocycles. The van der Waals surface area contributed by atoms with Crippen molar-refractivity contribution in [1.82, 2.24) is 9.78 Å². The fraction of sp³-hybridized carbons (Fsp3) is 0.462. The molecule has 86 valence electrons. The van der Waals surface area contributed by atoms with Gasteiger partial charge in [-0.3, -0.25) is 4.68 Å². The summed E-state index contributed by atoms with van der Waals surface area (Å²) in [7, 11) is 0. The van der Waals surface area contributed by atoms with Crippen molar-refractivity contribution in [2.75, 3.05) is 6.54 Å². The molecule has 3 heteroatoms. The zero-order valence-electron chi connectivity index (χ0n) is 10.2. The van der Waals surface area contributed by atoms with E-state index in [4.69, 9.17) is 10.8 Å². The predicted octanol–water partition coefficient (Wildman–Crippen LogP) is 2.43. The van der Waals surface area contributed by atoms with Gasteiger partial charge >= 0.3 is 0 Å². The molecule has 3 nitrogen and oxygen atoms in total. The molecule has 16 heavy (non-hydrogen) atoms. The summed E-state index contributed by atoms with van der Waals surface area (Å²) < 4.78 is 2.10. The average molecular weight is 217 g/mol. The second-order valence-corrected chi connectivity index (χ2v) is 4.49. The SMILES string of the molecule is Cc1cccc2c(CCN)n(C(C)C)nc12. The Hall–Kier alpha value is -1.35. The Bertz CT molecular complexity index is 497. The second kappa shape index (κ2) is 4.26. The number of hydrogen-bond acceptors (Lipinski definition) is 2. The first-order chi connectivity index (χ1) is 7.65. The standard InChI is InChI=1S/C13H19N3/c1-9(2)16-12(7-8-14)11-6-4-5-10(3)13(11)15-16/h4-6,9H,7-8,14H2,1-3H3. The van der Waals surface area contributed by atoms with Crippen LogP contribution in [0.15, 0.2) is 18.2 Å². The molecular weight excluding hydrogens is 198 g/mol. The average Bonchev–Trinajstić information content (AvgIpc) is 2.60. The monoisotopic (exact) mass is 217 g/mol. The first kappa shape index (κ1) is 11.1. The summed E-state index contributed by atoms with van der Waals surface area (Å²) in [4.78, 5) is 0. The number of nitrogens with zero attached hydrogens (tertiary/aromatic N) is 2. The molecule has 2 N–H and O–H groups in total. The lowest BCUT2D eigenvalue weighted by Crippen LogP contribution is -2.12. The predicted molar refractivity (Wildman–Crippen MR) is 67.6 cm³/mol. The lowest BCUT2D eigenvalue weighted by molar-refractivity contribution is 0.514. The van der Waals surface area contributed by atoms with Crippen molar-refractivity contribution in [2.24, 2.45) is 5.73 Å². The van der Waals surface area contributed by atoms with Gasteiger partial charge in [0.05, 0.1) is 5.52 Å². The first-order valence-corrected chi connectivity index (χ1v) is 5.82. The van der Waals surface area contributed by atoms with Crippen molar-refractivity contribution in [1.29, 1.82) is 0 Å². The Morgan fingerprint density at radius 3 is 2.75 bits per heavy atom. The third kappa shape index (κ3) is 1.71. The molecule has 0 aliphatic rings. The van der Waals surface area contributed by atoms with Crippen molar-refractivity contribution in [3.05, 3.63) is 29.5 Å². The summed E-state index contributed by atoms with van der Waals surface area (Å²) in [6.45, 7) is 7.08. The zero-order valence-corrected chi connectivity index (χ0v) is 10.2. The molecule has 0 atom stereocenters. The maximum absolute atomic E-state index is 5.68. The van der Waals surface area contributed by atoms with E-state index in [2.05, 4.69) is 43.7 Å². The van der Waals surface area contributed by atoms with Crippen LogP contribution in [0.4, 0.5) is 0 Å². The molecule has 0 aliphatic heterocycles. The minimum Gasteiger partial charge on any atom is -0.330 e. The van der Waals surface area contributed by atoms with Gasteiger partial charge in [-0.2, -0.15) is 5.10 Å². The number of fused-ring (bicyclic) bond motifs is 1. The number of benzene rings is 1. The first-order valence-electron chi connectivity index (χ1n) is 5.82. The van der Waals surface area contributed by atoms with Crippen LogP contribution in [0, 0.1) is 6.92 Å². The number of aryl methyl sites for hydroxylation is 1. The van der Waals surface area contributed by atoms with Gasteiger partial charge in [-0.05, 0) is 32.9 Å². The number of hydrogen-bond donors (Lipinski definition) is 1. The fourth-order valence-electron chi connectivity index (χ4n) is 2.13. The van der Waals surface area contributed by atoms with Crippen molar-refractivity contribution < 1.29 is 0 Å². The molecule has 1 aromatic heterocycles. The quantitative estimate of drug-likeness (QED) is 0.858. The fourth-order valence-corrected chi connectivity index (χ4v) is 2.13. The second-order valence-electron chi connectivity index (χ2n) is 4.49. The summed E-state index contributed by atoms with van der Waals surface area (Å²) in [5.41, 5.74) is 9.28. The van der Waals surface area contributed by atoms with Crippen molar-refractivity contribution in [3.63, 3.8) is 0 Å². The summed E-state index contributed by atoms with van der Waals surface area (Å²) in [5, 5.41) is 5.94. The van der Waals surface area contributed by atoms with E-state index in [9.17, 15) is 0 Å². The van der Waals surface area contributed by atoms with E-state index < -0.39 is 0 Å². The van der Waals surface area contributed by atoms with Gasteiger partial charge in [0.2, 0.25) is 0 Å². The van der Waals surface area contributed by atoms with E-state index in [1.165, 1.54) is 16.6 Å². The molecule has 2 aromatic rings. The smallest absolute Gasteiger partial charge is 0.0955 e. The van der Waals surface area contributed by atoms with E-state index in [-0.39, 0.29) is 0 Å².